The smallest absolute Gasteiger partial charge is 0.254 e. The third-order valence-corrected chi connectivity index (χ3v) is 2.51. The van der Waals surface area contributed by atoms with E-state index in [0.29, 0.717) is 10.9 Å². The van der Waals surface area contributed by atoms with E-state index in [1.165, 1.54) is 6.20 Å². The summed E-state index contributed by atoms with van der Waals surface area (Å²) >= 11 is 5.17. The molecule has 0 amide bonds. The fraction of sp³-hybridized carbons (Fsp3) is 0.286. The summed E-state index contributed by atoms with van der Waals surface area (Å²) in [5.74, 6) is 0. The third kappa shape index (κ3) is 2.35. The summed E-state index contributed by atoms with van der Waals surface area (Å²) in [6.07, 6.45) is -1.05. The second-order valence-electron chi connectivity index (χ2n) is 2.13. The summed E-state index contributed by atoms with van der Waals surface area (Å²) in [5.41, 5.74) is 0.421. The van der Waals surface area contributed by atoms with E-state index in [-0.39, 0.29) is 5.69 Å². The normalized spacial score (nSPS) is 10.8. The minimum atomic E-state index is -2.49. The van der Waals surface area contributed by atoms with Gasteiger partial charge in [0.2, 0.25) is 0 Å². The molecule has 0 saturated heterocycles. The van der Waals surface area contributed by atoms with Crippen LogP contribution >= 0.6 is 38.5 Å². The van der Waals surface area contributed by atoms with E-state index in [1.807, 2.05) is 22.6 Å². The molecule has 0 aliphatic rings. The second-order valence-corrected chi connectivity index (χ2v) is 3.94. The molecule has 12 heavy (non-hydrogen) atoms. The number of halogens is 4. The summed E-state index contributed by atoms with van der Waals surface area (Å²) in [7, 11) is 0. The molecule has 0 radical (unpaired) electrons. The lowest BCUT2D eigenvalue weighted by molar-refractivity contribution is 0.145. The Morgan fingerprint density at radius 2 is 2.25 bits per heavy atom. The van der Waals surface area contributed by atoms with Crippen LogP contribution in [0.2, 0.25) is 0 Å². The molecule has 1 heterocycles. The Hall–Kier alpha value is 0.220. The van der Waals surface area contributed by atoms with Gasteiger partial charge in [0.15, 0.2) is 0 Å². The van der Waals surface area contributed by atoms with Gasteiger partial charge in [0.1, 0.15) is 5.69 Å². The van der Waals surface area contributed by atoms with Crippen LogP contribution in [0.5, 0.6) is 0 Å². The topological polar surface area (TPSA) is 12.9 Å². The van der Waals surface area contributed by atoms with Crippen LogP contribution in [-0.2, 0) is 5.33 Å². The zero-order valence-corrected chi connectivity index (χ0v) is 9.64. The lowest BCUT2D eigenvalue weighted by Gasteiger charge is -2.04. The van der Waals surface area contributed by atoms with E-state index in [4.69, 9.17) is 0 Å². The Morgan fingerprint density at radius 3 is 2.75 bits per heavy atom. The van der Waals surface area contributed by atoms with Crippen LogP contribution in [-0.4, -0.2) is 4.98 Å². The molecule has 0 aromatic carbocycles. The molecular weight excluding hydrogens is 343 g/mol. The van der Waals surface area contributed by atoms with Crippen molar-refractivity contribution in [3.05, 3.63) is 27.1 Å². The maximum Gasteiger partial charge on any atom is 0.280 e. The van der Waals surface area contributed by atoms with Gasteiger partial charge in [0.05, 0.1) is 0 Å². The molecule has 66 valence electrons. The molecule has 0 aliphatic carbocycles. The number of aromatic nitrogens is 1. The van der Waals surface area contributed by atoms with Crippen molar-refractivity contribution < 1.29 is 8.78 Å². The van der Waals surface area contributed by atoms with Crippen molar-refractivity contribution in [3.63, 3.8) is 0 Å². The summed E-state index contributed by atoms with van der Waals surface area (Å²) in [4.78, 5) is 3.66. The van der Waals surface area contributed by atoms with E-state index >= 15 is 0 Å². The predicted molar refractivity (Wildman–Crippen MR) is 54.5 cm³/mol. The highest BCUT2D eigenvalue weighted by Gasteiger charge is 2.13. The maximum atomic E-state index is 12.3. The Morgan fingerprint density at radius 1 is 1.58 bits per heavy atom. The first-order chi connectivity index (χ1) is 5.65. The number of pyridine rings is 1. The van der Waals surface area contributed by atoms with Crippen LogP contribution in [0, 0.1) is 3.57 Å². The highest BCUT2D eigenvalue weighted by Crippen LogP contribution is 2.23. The lowest BCUT2D eigenvalue weighted by atomic mass is 10.2. The van der Waals surface area contributed by atoms with Crippen molar-refractivity contribution in [1.82, 2.24) is 4.98 Å². The van der Waals surface area contributed by atoms with Crippen LogP contribution < -0.4 is 0 Å². The highest BCUT2D eigenvalue weighted by atomic mass is 127. The zero-order chi connectivity index (χ0) is 9.14. The van der Waals surface area contributed by atoms with Gasteiger partial charge in [-0.15, -0.1) is 0 Å². The van der Waals surface area contributed by atoms with Crippen LogP contribution in [0.15, 0.2) is 12.3 Å². The average Bonchev–Trinajstić information content (AvgIpc) is 2.03. The number of alkyl halides is 3. The lowest BCUT2D eigenvalue weighted by Crippen LogP contribution is -1.96. The van der Waals surface area contributed by atoms with Crippen molar-refractivity contribution in [2.24, 2.45) is 0 Å². The molecule has 1 aromatic heterocycles. The Balaban J connectivity index is 3.11. The van der Waals surface area contributed by atoms with Crippen molar-refractivity contribution in [3.8, 4) is 0 Å². The Kier molecular flexibility index (Phi) is 3.82. The minimum absolute atomic E-state index is 0.132. The van der Waals surface area contributed by atoms with Gasteiger partial charge in [-0.1, -0.05) is 15.9 Å². The van der Waals surface area contributed by atoms with E-state index in [2.05, 4.69) is 20.9 Å². The molecule has 1 aromatic rings. The highest BCUT2D eigenvalue weighted by molar-refractivity contribution is 14.1. The van der Waals surface area contributed by atoms with Gasteiger partial charge >= 0.3 is 0 Å². The van der Waals surface area contributed by atoms with E-state index in [0.717, 1.165) is 3.57 Å². The van der Waals surface area contributed by atoms with E-state index in [1.54, 1.807) is 6.07 Å². The molecule has 1 rings (SSSR count). The van der Waals surface area contributed by atoms with Crippen molar-refractivity contribution in [1.29, 1.82) is 0 Å². The molecule has 1 nitrogen and oxygen atoms in total. The van der Waals surface area contributed by atoms with Gasteiger partial charge in [-0.3, -0.25) is 4.98 Å². The quantitative estimate of drug-likeness (QED) is 0.589. The average molecular weight is 348 g/mol. The van der Waals surface area contributed by atoms with E-state index in [9.17, 15) is 8.78 Å². The first-order valence-electron chi connectivity index (χ1n) is 3.13. The van der Waals surface area contributed by atoms with Gasteiger partial charge in [-0.25, -0.2) is 8.78 Å². The molecule has 0 N–H and O–H groups in total. The Labute approximate surface area is 90.8 Å². The van der Waals surface area contributed by atoms with Crippen molar-refractivity contribution in [2.75, 3.05) is 0 Å². The van der Waals surface area contributed by atoms with E-state index < -0.39 is 6.43 Å². The fourth-order valence-electron chi connectivity index (χ4n) is 0.795. The maximum absolute atomic E-state index is 12.3. The molecular formula is C7H5BrF2IN. The van der Waals surface area contributed by atoms with Crippen molar-refractivity contribution in [2.45, 2.75) is 11.8 Å². The van der Waals surface area contributed by atoms with Crippen LogP contribution in [0.3, 0.4) is 0 Å². The SMILES string of the molecule is FC(F)c1ncc(I)cc1CBr. The molecule has 0 bridgehead atoms. The second kappa shape index (κ2) is 4.45. The predicted octanol–water partition coefficient (Wildman–Crippen LogP) is 3.52. The monoisotopic (exact) mass is 347 g/mol. The van der Waals surface area contributed by atoms with Crippen LogP contribution in [0.25, 0.3) is 0 Å². The largest absolute Gasteiger partial charge is 0.280 e. The van der Waals surface area contributed by atoms with Crippen molar-refractivity contribution >= 4 is 38.5 Å². The summed E-state index contributed by atoms with van der Waals surface area (Å²) < 4.78 is 25.4. The van der Waals surface area contributed by atoms with Gasteiger partial charge < -0.3 is 0 Å². The minimum Gasteiger partial charge on any atom is -0.254 e. The molecule has 0 saturated carbocycles. The molecule has 0 aliphatic heterocycles. The molecule has 5 heteroatoms. The number of rotatable bonds is 2. The zero-order valence-electron chi connectivity index (χ0n) is 5.90. The summed E-state index contributed by atoms with van der Waals surface area (Å²) in [6, 6.07) is 1.70. The first kappa shape index (κ1) is 10.3. The first-order valence-corrected chi connectivity index (χ1v) is 5.33. The summed E-state index contributed by atoms with van der Waals surface area (Å²) in [6.45, 7) is 0. The molecule has 0 atom stereocenters. The summed E-state index contributed by atoms with van der Waals surface area (Å²) in [5, 5.41) is 0.413. The number of hydrogen-bond acceptors (Lipinski definition) is 1. The fourth-order valence-corrected chi connectivity index (χ4v) is 1.76. The molecule has 0 fully saturated rings. The van der Waals surface area contributed by atoms with Crippen LogP contribution in [0.4, 0.5) is 8.78 Å². The third-order valence-electron chi connectivity index (χ3n) is 1.32. The molecule has 0 spiro atoms. The Bertz CT molecular complexity index is 280. The molecule has 0 unspecified atom stereocenters. The van der Waals surface area contributed by atoms with Gasteiger partial charge in [0.25, 0.3) is 6.43 Å². The van der Waals surface area contributed by atoms with Gasteiger partial charge in [-0.05, 0) is 34.2 Å². The van der Waals surface area contributed by atoms with Gasteiger partial charge in [-0.2, -0.15) is 0 Å². The number of nitrogens with zero attached hydrogens (tertiary/aromatic N) is 1. The van der Waals surface area contributed by atoms with Gasteiger partial charge in [0, 0.05) is 15.1 Å². The number of hydrogen-bond donors (Lipinski definition) is 0. The standard InChI is InChI=1S/C7H5BrF2IN/c8-2-4-1-5(11)3-12-6(4)7(9)10/h1,3,7H,2H2. The van der Waals surface area contributed by atoms with Crippen LogP contribution in [0.1, 0.15) is 17.7 Å².